The fourth-order valence-corrected chi connectivity index (χ4v) is 9.67. The van der Waals surface area contributed by atoms with Gasteiger partial charge in [-0.25, -0.2) is 18.2 Å². The van der Waals surface area contributed by atoms with Crippen LogP contribution in [0.3, 0.4) is 0 Å². The molecule has 4 aliphatic rings. The zero-order valence-corrected chi connectivity index (χ0v) is 29.4. The molecule has 2 bridgehead atoms. The average Bonchev–Trinajstić information content (AvgIpc) is 3.90. The summed E-state index contributed by atoms with van der Waals surface area (Å²) in [4.78, 5) is 30.9. The van der Waals surface area contributed by atoms with Crippen LogP contribution >= 0.6 is 11.3 Å². The second-order valence-electron chi connectivity index (χ2n) is 14.6. The van der Waals surface area contributed by atoms with Crippen LogP contribution in [-0.2, 0) is 11.0 Å². The van der Waals surface area contributed by atoms with Gasteiger partial charge in [0.2, 0.25) is 5.91 Å². The summed E-state index contributed by atoms with van der Waals surface area (Å²) in [5.74, 6) is -1.96. The topological polar surface area (TPSA) is 113 Å². The molecule has 0 radical (unpaired) electrons. The number of anilines is 2. The van der Waals surface area contributed by atoms with Gasteiger partial charge in [0.05, 0.1) is 21.3 Å². The number of aromatic nitrogens is 3. The van der Waals surface area contributed by atoms with Crippen LogP contribution in [0.2, 0.25) is 0 Å². The summed E-state index contributed by atoms with van der Waals surface area (Å²) < 4.78 is 97.6. The largest absolute Gasteiger partial charge is 0.461 e. The number of carbonyl (C=O) groups is 1. The molecule has 52 heavy (non-hydrogen) atoms. The standard InChI is InChI=1S/C35H38F6N8O2S/c1-47(2)25(50)8-10-43-23-12-18-4-7-24(23)49(18)31-20-13-21(35(39,40)41)26(19-5-6-22(37)30-29(19)44-32(42)52-30)27(38)28(20)45-33(46-31)51-16-34-9-3-11-48(34)15-17(36)14-34/h5-6,13,17-18,23-24,43H,3-4,7-12,14-16H2,1-2H3,(H2,42,44)/t17-,18-,23?,24+,34+/m1/s1. The van der Waals surface area contributed by atoms with Crippen LogP contribution in [-0.4, -0.2) is 101 Å². The molecule has 4 aliphatic heterocycles. The Hall–Kier alpha value is -3.96. The van der Waals surface area contributed by atoms with E-state index in [1.54, 1.807) is 14.1 Å². The number of amides is 1. The van der Waals surface area contributed by atoms with Crippen molar-refractivity contribution in [2.75, 3.05) is 51.0 Å². The Morgan fingerprint density at radius 2 is 1.98 bits per heavy atom. The monoisotopic (exact) mass is 748 g/mol. The molecule has 3 N–H and O–H groups in total. The van der Waals surface area contributed by atoms with Gasteiger partial charge in [-0.2, -0.15) is 23.1 Å². The molecule has 4 fully saturated rings. The van der Waals surface area contributed by atoms with E-state index in [1.165, 1.54) is 4.90 Å². The first-order chi connectivity index (χ1) is 24.7. The number of fused-ring (bicyclic) bond motifs is 5. The lowest BCUT2D eigenvalue weighted by Gasteiger charge is -2.31. The molecule has 0 saturated carbocycles. The van der Waals surface area contributed by atoms with Crippen molar-refractivity contribution in [1.82, 2.24) is 30.1 Å². The van der Waals surface area contributed by atoms with E-state index < -0.39 is 46.2 Å². The van der Waals surface area contributed by atoms with E-state index in [9.17, 15) is 13.6 Å². The number of nitrogens with two attached hydrogens (primary N) is 1. The predicted octanol–water partition coefficient (Wildman–Crippen LogP) is 5.92. The maximum Gasteiger partial charge on any atom is 0.417 e. The zero-order valence-electron chi connectivity index (χ0n) is 28.6. The molecule has 1 unspecified atom stereocenters. The number of rotatable bonds is 9. The molecule has 4 saturated heterocycles. The van der Waals surface area contributed by atoms with Gasteiger partial charge in [0, 0.05) is 74.7 Å². The van der Waals surface area contributed by atoms with Gasteiger partial charge in [-0.05, 0) is 56.8 Å². The third-order valence-electron chi connectivity index (χ3n) is 11.2. The number of carbonyl (C=O) groups excluding carboxylic acids is 1. The Balaban J connectivity index is 1.26. The summed E-state index contributed by atoms with van der Waals surface area (Å²) in [6.45, 7) is 1.44. The number of nitrogens with one attached hydrogen (secondary N) is 1. The summed E-state index contributed by atoms with van der Waals surface area (Å²) >= 11 is 0.752. The van der Waals surface area contributed by atoms with E-state index in [-0.39, 0.29) is 88.2 Å². The lowest BCUT2D eigenvalue weighted by molar-refractivity contribution is -0.137. The number of halogens is 6. The maximum absolute atomic E-state index is 17.1. The molecule has 1 amide bonds. The molecule has 17 heteroatoms. The number of nitrogen functional groups attached to an aromatic ring is 1. The van der Waals surface area contributed by atoms with Gasteiger partial charge >= 0.3 is 12.2 Å². The summed E-state index contributed by atoms with van der Waals surface area (Å²) in [6, 6.07) is 2.23. The molecule has 2 aromatic heterocycles. The van der Waals surface area contributed by atoms with Crippen molar-refractivity contribution in [3.63, 3.8) is 0 Å². The first-order valence-electron chi connectivity index (χ1n) is 17.4. The second kappa shape index (κ2) is 12.9. The third kappa shape index (κ3) is 5.88. The van der Waals surface area contributed by atoms with Crippen molar-refractivity contribution < 1.29 is 35.9 Å². The highest BCUT2D eigenvalue weighted by Crippen LogP contribution is 2.49. The van der Waals surface area contributed by atoms with Crippen molar-refractivity contribution in [3.8, 4) is 17.1 Å². The van der Waals surface area contributed by atoms with Crippen LogP contribution in [0, 0.1) is 11.6 Å². The van der Waals surface area contributed by atoms with Gasteiger partial charge in [0.25, 0.3) is 0 Å². The minimum Gasteiger partial charge on any atom is -0.461 e. The summed E-state index contributed by atoms with van der Waals surface area (Å²) in [6.07, 6.45) is -1.89. The Morgan fingerprint density at radius 1 is 1.17 bits per heavy atom. The number of nitrogens with zero attached hydrogens (tertiary/aromatic N) is 6. The number of ether oxygens (including phenoxy) is 1. The van der Waals surface area contributed by atoms with Crippen LogP contribution < -0.4 is 20.7 Å². The number of benzene rings is 2. The van der Waals surface area contributed by atoms with Crippen molar-refractivity contribution in [3.05, 3.63) is 35.4 Å². The molecule has 278 valence electrons. The maximum atomic E-state index is 17.1. The molecular weight excluding hydrogens is 710 g/mol. The average molecular weight is 749 g/mol. The van der Waals surface area contributed by atoms with Gasteiger partial charge in [-0.3, -0.25) is 9.69 Å². The molecule has 10 nitrogen and oxygen atoms in total. The number of hydrogen-bond acceptors (Lipinski definition) is 10. The van der Waals surface area contributed by atoms with Gasteiger partial charge in [-0.15, -0.1) is 0 Å². The lowest BCUT2D eigenvalue weighted by Crippen LogP contribution is -2.43. The number of hydrogen-bond donors (Lipinski definition) is 2. The quantitative estimate of drug-likeness (QED) is 0.202. The van der Waals surface area contributed by atoms with Gasteiger partial charge < -0.3 is 25.6 Å². The van der Waals surface area contributed by atoms with E-state index in [0.717, 1.165) is 42.4 Å². The number of alkyl halides is 4. The minimum atomic E-state index is -5.04. The Labute approximate surface area is 299 Å². The SMILES string of the molecule is CN(C)C(=O)CCNC1C[C@H]2CC[C@@H]1N2c1nc(OC[C@@]23CCCN2C[C@H](F)C3)nc2c(F)c(-c3ccc(F)c4sc(N)nc34)c(C(F)(F)F)cc12. The highest BCUT2D eigenvalue weighted by atomic mass is 32.1. The van der Waals surface area contributed by atoms with E-state index in [4.69, 9.17) is 15.5 Å². The fourth-order valence-electron chi connectivity index (χ4n) is 8.91. The Bertz CT molecular complexity index is 2060. The van der Waals surface area contributed by atoms with Crippen molar-refractivity contribution in [2.24, 2.45) is 0 Å². The molecule has 2 aromatic carbocycles. The fraction of sp³-hybridized carbons (Fsp3) is 0.543. The van der Waals surface area contributed by atoms with Crippen LogP contribution in [0.25, 0.3) is 32.2 Å². The van der Waals surface area contributed by atoms with Crippen LogP contribution in [0.15, 0.2) is 18.2 Å². The van der Waals surface area contributed by atoms with Crippen LogP contribution in [0.1, 0.15) is 50.5 Å². The smallest absolute Gasteiger partial charge is 0.417 e. The normalized spacial score (nSPS) is 25.9. The van der Waals surface area contributed by atoms with Crippen LogP contribution in [0.4, 0.5) is 37.3 Å². The zero-order chi connectivity index (χ0) is 36.7. The highest BCUT2D eigenvalue weighted by Gasteiger charge is 2.50. The molecular formula is C35H38F6N8O2S. The summed E-state index contributed by atoms with van der Waals surface area (Å²) in [5.41, 5.74) is 2.24. The Kier molecular flexibility index (Phi) is 8.68. The molecule has 0 spiro atoms. The van der Waals surface area contributed by atoms with E-state index in [0.29, 0.717) is 32.4 Å². The summed E-state index contributed by atoms with van der Waals surface area (Å²) in [5, 5.41) is 3.21. The third-order valence-corrected chi connectivity index (χ3v) is 12.1. The van der Waals surface area contributed by atoms with E-state index in [1.807, 2.05) is 9.80 Å². The molecule has 5 atom stereocenters. The van der Waals surface area contributed by atoms with Crippen molar-refractivity contribution in [1.29, 1.82) is 0 Å². The van der Waals surface area contributed by atoms with Crippen molar-refractivity contribution >= 4 is 49.3 Å². The number of thiazole rings is 1. The van der Waals surface area contributed by atoms with E-state index in [2.05, 4.69) is 15.3 Å². The lowest BCUT2D eigenvalue weighted by atomic mass is 9.95. The first kappa shape index (κ1) is 35.1. The molecule has 6 heterocycles. The van der Waals surface area contributed by atoms with Gasteiger partial charge in [0.15, 0.2) is 10.9 Å². The molecule has 8 rings (SSSR count). The second-order valence-corrected chi connectivity index (χ2v) is 15.6. The molecule has 4 aromatic rings. The minimum absolute atomic E-state index is 0.0289. The first-order valence-corrected chi connectivity index (χ1v) is 18.3. The van der Waals surface area contributed by atoms with Gasteiger partial charge in [0.1, 0.15) is 29.9 Å². The summed E-state index contributed by atoms with van der Waals surface area (Å²) in [7, 11) is 3.36. The van der Waals surface area contributed by atoms with Crippen molar-refractivity contribution in [2.45, 2.75) is 81.0 Å². The van der Waals surface area contributed by atoms with E-state index >= 15 is 17.6 Å². The highest BCUT2D eigenvalue weighted by molar-refractivity contribution is 7.22. The predicted molar refractivity (Wildman–Crippen MR) is 185 cm³/mol. The Morgan fingerprint density at radius 3 is 2.75 bits per heavy atom. The van der Waals surface area contributed by atoms with Crippen LogP contribution in [0.5, 0.6) is 6.01 Å². The van der Waals surface area contributed by atoms with Gasteiger partial charge in [-0.1, -0.05) is 11.3 Å². The molecule has 0 aliphatic carbocycles.